The summed E-state index contributed by atoms with van der Waals surface area (Å²) in [7, 11) is 0. The van der Waals surface area contributed by atoms with Crippen LogP contribution in [0.2, 0.25) is 0 Å². The van der Waals surface area contributed by atoms with Crippen molar-refractivity contribution >= 4 is 17.7 Å². The molecule has 0 aromatic carbocycles. The molecule has 7 nitrogen and oxygen atoms in total. The second-order valence-corrected chi connectivity index (χ2v) is 5.07. The molecule has 1 saturated heterocycles. The predicted octanol–water partition coefficient (Wildman–Crippen LogP) is -0.116. The van der Waals surface area contributed by atoms with E-state index in [-0.39, 0.29) is 11.4 Å². The van der Waals surface area contributed by atoms with Gasteiger partial charge in [-0.3, -0.25) is 9.36 Å². The number of aromatic nitrogens is 3. The van der Waals surface area contributed by atoms with Gasteiger partial charge in [0.25, 0.3) is 0 Å². The first kappa shape index (κ1) is 12.2. The zero-order valence-corrected chi connectivity index (χ0v) is 10.1. The van der Waals surface area contributed by atoms with Gasteiger partial charge >= 0.3 is 11.7 Å². The number of carboxylic acid groups (broad SMARTS) is 1. The van der Waals surface area contributed by atoms with E-state index in [0.29, 0.717) is 24.8 Å². The summed E-state index contributed by atoms with van der Waals surface area (Å²) in [4.78, 5) is 22.2. The third-order valence-electron chi connectivity index (χ3n) is 2.70. The van der Waals surface area contributed by atoms with Gasteiger partial charge in [0, 0.05) is 6.61 Å². The van der Waals surface area contributed by atoms with Crippen molar-refractivity contribution in [3.63, 3.8) is 0 Å². The first-order valence-electron chi connectivity index (χ1n) is 5.13. The lowest BCUT2D eigenvalue weighted by atomic mass is 10.0. The van der Waals surface area contributed by atoms with Crippen molar-refractivity contribution in [2.75, 3.05) is 19.0 Å². The lowest BCUT2D eigenvalue weighted by Crippen LogP contribution is -2.38. The van der Waals surface area contributed by atoms with Crippen molar-refractivity contribution in [1.82, 2.24) is 14.8 Å². The maximum Gasteiger partial charge on any atom is 0.344 e. The molecule has 0 bridgehead atoms. The van der Waals surface area contributed by atoms with E-state index in [2.05, 4.69) is 10.2 Å². The van der Waals surface area contributed by atoms with Crippen molar-refractivity contribution in [1.29, 1.82) is 0 Å². The van der Waals surface area contributed by atoms with Gasteiger partial charge in [-0.15, -0.1) is 5.10 Å². The fraction of sp³-hybridized carbons (Fsp3) is 0.667. The standard InChI is InChI=1S/C9H13N3O4S/c1-9(2-3-16-5-9)12-7(15)10-11-8(12)17-4-6(13)14/h2-5H2,1H3,(H,10,15)(H,13,14). The summed E-state index contributed by atoms with van der Waals surface area (Å²) in [6.07, 6.45) is 0.715. The van der Waals surface area contributed by atoms with Gasteiger partial charge in [0.2, 0.25) is 0 Å². The summed E-state index contributed by atoms with van der Waals surface area (Å²) < 4.78 is 6.79. The Balaban J connectivity index is 2.29. The number of ether oxygens (including phenoxy) is 1. The van der Waals surface area contributed by atoms with Crippen LogP contribution in [0.3, 0.4) is 0 Å². The first-order valence-corrected chi connectivity index (χ1v) is 6.12. The molecule has 0 amide bonds. The Labute approximate surface area is 101 Å². The molecule has 2 N–H and O–H groups in total. The SMILES string of the molecule is CC1(n2c(SCC(=O)O)n[nH]c2=O)CCOC1. The molecule has 1 unspecified atom stereocenters. The zero-order valence-electron chi connectivity index (χ0n) is 9.30. The second-order valence-electron chi connectivity index (χ2n) is 4.13. The minimum absolute atomic E-state index is 0.124. The molecular formula is C9H13N3O4S. The van der Waals surface area contributed by atoms with E-state index in [4.69, 9.17) is 9.84 Å². The van der Waals surface area contributed by atoms with Gasteiger partial charge in [-0.25, -0.2) is 9.89 Å². The molecule has 94 valence electrons. The van der Waals surface area contributed by atoms with Gasteiger partial charge in [-0.1, -0.05) is 11.8 Å². The highest BCUT2D eigenvalue weighted by molar-refractivity contribution is 7.99. The number of rotatable bonds is 4. The molecule has 0 radical (unpaired) electrons. The molecule has 1 aromatic rings. The molecule has 0 spiro atoms. The highest BCUT2D eigenvalue weighted by Gasteiger charge is 2.35. The monoisotopic (exact) mass is 259 g/mol. The fourth-order valence-corrected chi connectivity index (χ4v) is 2.61. The number of aliphatic carboxylic acids is 1. The van der Waals surface area contributed by atoms with Crippen LogP contribution < -0.4 is 5.69 Å². The van der Waals surface area contributed by atoms with Crippen molar-refractivity contribution in [2.24, 2.45) is 0 Å². The van der Waals surface area contributed by atoms with Crippen LogP contribution in [-0.4, -0.2) is 44.8 Å². The van der Waals surface area contributed by atoms with Crippen LogP contribution in [0, 0.1) is 0 Å². The van der Waals surface area contributed by atoms with Crippen LogP contribution in [0.5, 0.6) is 0 Å². The number of H-pyrrole nitrogens is 1. The van der Waals surface area contributed by atoms with Crippen LogP contribution in [-0.2, 0) is 15.1 Å². The van der Waals surface area contributed by atoms with E-state index in [0.717, 1.165) is 11.8 Å². The predicted molar refractivity (Wildman–Crippen MR) is 60.3 cm³/mol. The number of nitrogens with one attached hydrogen (secondary N) is 1. The molecule has 0 saturated carbocycles. The second kappa shape index (κ2) is 4.53. The summed E-state index contributed by atoms with van der Waals surface area (Å²) in [5, 5.41) is 15.2. The third kappa shape index (κ3) is 2.37. The molecule has 8 heteroatoms. The molecule has 1 fully saturated rings. The van der Waals surface area contributed by atoms with Crippen molar-refractivity contribution < 1.29 is 14.6 Å². The van der Waals surface area contributed by atoms with Crippen LogP contribution >= 0.6 is 11.8 Å². The lowest BCUT2D eigenvalue weighted by molar-refractivity contribution is -0.133. The Morgan fingerprint density at radius 1 is 1.76 bits per heavy atom. The molecule has 1 aliphatic heterocycles. The van der Waals surface area contributed by atoms with Gasteiger partial charge in [-0.2, -0.15) is 0 Å². The molecular weight excluding hydrogens is 246 g/mol. The Morgan fingerprint density at radius 2 is 2.53 bits per heavy atom. The highest BCUT2D eigenvalue weighted by Crippen LogP contribution is 2.29. The average Bonchev–Trinajstić information content (AvgIpc) is 2.83. The normalized spacial score (nSPS) is 24.1. The van der Waals surface area contributed by atoms with Crippen molar-refractivity contribution in [3.8, 4) is 0 Å². The zero-order chi connectivity index (χ0) is 12.5. The largest absolute Gasteiger partial charge is 0.481 e. The molecule has 1 aromatic heterocycles. The maximum absolute atomic E-state index is 11.7. The Bertz CT molecular complexity index is 475. The van der Waals surface area contributed by atoms with Gasteiger partial charge in [0.15, 0.2) is 5.16 Å². The molecule has 17 heavy (non-hydrogen) atoms. The quantitative estimate of drug-likeness (QED) is 0.732. The average molecular weight is 259 g/mol. The van der Waals surface area contributed by atoms with Crippen LogP contribution in [0.1, 0.15) is 13.3 Å². The van der Waals surface area contributed by atoms with E-state index >= 15 is 0 Å². The summed E-state index contributed by atoms with van der Waals surface area (Å²) in [5.41, 5.74) is -0.767. The van der Waals surface area contributed by atoms with Crippen LogP contribution in [0.25, 0.3) is 0 Å². The number of hydrogen-bond acceptors (Lipinski definition) is 5. The Kier molecular flexibility index (Phi) is 3.25. The van der Waals surface area contributed by atoms with E-state index in [1.807, 2.05) is 6.92 Å². The highest BCUT2D eigenvalue weighted by atomic mass is 32.2. The first-order chi connectivity index (χ1) is 8.03. The van der Waals surface area contributed by atoms with Crippen LogP contribution in [0.15, 0.2) is 9.95 Å². The summed E-state index contributed by atoms with van der Waals surface area (Å²) >= 11 is 1.03. The minimum atomic E-state index is -0.940. The van der Waals surface area contributed by atoms with Crippen LogP contribution in [0.4, 0.5) is 0 Å². The van der Waals surface area contributed by atoms with Crippen molar-refractivity contribution in [2.45, 2.75) is 24.0 Å². The Hall–Kier alpha value is -1.28. The van der Waals surface area contributed by atoms with Gasteiger partial charge < -0.3 is 9.84 Å². The smallest absolute Gasteiger partial charge is 0.344 e. The summed E-state index contributed by atoms with van der Waals surface area (Å²) in [5.74, 6) is -1.06. The molecule has 1 aliphatic rings. The van der Waals surface area contributed by atoms with E-state index in [1.54, 1.807) is 0 Å². The minimum Gasteiger partial charge on any atom is -0.481 e. The molecule has 0 aliphatic carbocycles. The van der Waals surface area contributed by atoms with Gasteiger partial charge in [0.1, 0.15) is 0 Å². The third-order valence-corrected chi connectivity index (χ3v) is 3.63. The van der Waals surface area contributed by atoms with Crippen molar-refractivity contribution in [3.05, 3.63) is 10.5 Å². The fourth-order valence-electron chi connectivity index (χ4n) is 1.81. The number of nitrogens with zero attached hydrogens (tertiary/aromatic N) is 2. The van der Waals surface area contributed by atoms with E-state index in [9.17, 15) is 9.59 Å². The summed E-state index contributed by atoms with van der Waals surface area (Å²) in [6.45, 7) is 2.94. The number of aromatic amines is 1. The molecule has 2 heterocycles. The number of carbonyl (C=O) groups is 1. The van der Waals surface area contributed by atoms with Gasteiger partial charge in [-0.05, 0) is 13.3 Å². The number of thioether (sulfide) groups is 1. The summed E-state index contributed by atoms with van der Waals surface area (Å²) in [6, 6.07) is 0. The topological polar surface area (TPSA) is 97.2 Å². The molecule has 1 atom stereocenters. The lowest BCUT2D eigenvalue weighted by Gasteiger charge is -2.23. The van der Waals surface area contributed by atoms with E-state index < -0.39 is 11.5 Å². The van der Waals surface area contributed by atoms with Gasteiger partial charge in [0.05, 0.1) is 17.9 Å². The molecule has 2 rings (SSSR count). The Morgan fingerprint density at radius 3 is 3.12 bits per heavy atom. The maximum atomic E-state index is 11.7. The number of hydrogen-bond donors (Lipinski definition) is 2. The number of carboxylic acids is 1. The van der Waals surface area contributed by atoms with E-state index in [1.165, 1.54) is 4.57 Å².